The number of carbonyl (C=O) groups is 2. The highest BCUT2D eigenvalue weighted by Crippen LogP contribution is 2.23. The van der Waals surface area contributed by atoms with Gasteiger partial charge in [0.05, 0.1) is 6.17 Å². The Labute approximate surface area is 169 Å². The quantitative estimate of drug-likeness (QED) is 0.189. The number of nitrogens with one attached hydrogen (secondary N) is 2. The van der Waals surface area contributed by atoms with Gasteiger partial charge in [-0.1, -0.05) is 0 Å². The van der Waals surface area contributed by atoms with Crippen LogP contribution in [0, 0.1) is 29.1 Å². The molecule has 1 unspecified atom stereocenters. The number of halogens is 5. The van der Waals surface area contributed by atoms with E-state index in [1.54, 1.807) is 0 Å². The molecule has 1 atom stereocenters. The molecule has 0 aliphatic carbocycles. The molecular weight excluding hydrogens is 431 g/mol. The van der Waals surface area contributed by atoms with Crippen LogP contribution in [0.15, 0.2) is 33.5 Å². The van der Waals surface area contributed by atoms with Crippen LogP contribution in [0.4, 0.5) is 22.0 Å². The molecule has 0 radical (unpaired) electrons. The molecular formula is C19H11F5N2O5. The molecule has 2 aromatic carbocycles. The van der Waals surface area contributed by atoms with Gasteiger partial charge in [-0.15, -0.1) is 0 Å². The monoisotopic (exact) mass is 442 g/mol. The Morgan fingerprint density at radius 1 is 0.903 bits per heavy atom. The first-order chi connectivity index (χ1) is 14.5. The van der Waals surface area contributed by atoms with Crippen molar-refractivity contribution < 1.29 is 41.1 Å². The van der Waals surface area contributed by atoms with Crippen molar-refractivity contribution in [3.05, 3.63) is 74.9 Å². The first kappa shape index (κ1) is 21.7. The molecule has 1 heterocycles. The molecule has 0 aliphatic rings. The van der Waals surface area contributed by atoms with E-state index < -0.39 is 63.8 Å². The maximum Gasteiger partial charge on any atom is 0.349 e. The fourth-order valence-corrected chi connectivity index (χ4v) is 2.64. The lowest BCUT2D eigenvalue weighted by Crippen LogP contribution is -2.47. The maximum atomic E-state index is 13.7. The highest BCUT2D eigenvalue weighted by molar-refractivity contribution is 5.98. The molecule has 2 amide bonds. The van der Waals surface area contributed by atoms with Crippen molar-refractivity contribution in [2.75, 3.05) is 0 Å². The highest BCUT2D eigenvalue weighted by atomic mass is 19.2. The number of phenolic OH excluding ortho intramolecular Hbond substituents is 1. The van der Waals surface area contributed by atoms with Crippen LogP contribution in [0.1, 0.15) is 27.6 Å². The van der Waals surface area contributed by atoms with E-state index in [0.29, 0.717) is 0 Å². The topological polar surface area (TPSA) is 109 Å². The summed E-state index contributed by atoms with van der Waals surface area (Å²) in [7, 11) is 0. The summed E-state index contributed by atoms with van der Waals surface area (Å²) >= 11 is 0. The maximum absolute atomic E-state index is 13.7. The summed E-state index contributed by atoms with van der Waals surface area (Å²) in [5, 5.41) is 13.6. The van der Waals surface area contributed by atoms with E-state index in [1.165, 1.54) is 12.1 Å². The van der Waals surface area contributed by atoms with E-state index in [2.05, 4.69) is 5.32 Å². The Kier molecular flexibility index (Phi) is 5.64. The molecule has 0 fully saturated rings. The number of benzene rings is 2. The van der Waals surface area contributed by atoms with Crippen molar-refractivity contribution >= 4 is 22.8 Å². The van der Waals surface area contributed by atoms with Gasteiger partial charge in [-0.3, -0.25) is 9.59 Å². The van der Waals surface area contributed by atoms with Crippen LogP contribution in [0.2, 0.25) is 0 Å². The van der Waals surface area contributed by atoms with Crippen LogP contribution >= 0.6 is 0 Å². The van der Waals surface area contributed by atoms with Crippen LogP contribution in [0.3, 0.4) is 0 Å². The van der Waals surface area contributed by atoms with Crippen LogP contribution in [0.5, 0.6) is 5.75 Å². The molecule has 1 aromatic heterocycles. The Hall–Kier alpha value is -3.96. The van der Waals surface area contributed by atoms with Gasteiger partial charge in [0.15, 0.2) is 23.3 Å². The summed E-state index contributed by atoms with van der Waals surface area (Å²) in [4.78, 5) is 36.3. The van der Waals surface area contributed by atoms with E-state index in [-0.39, 0.29) is 16.7 Å². The fraction of sp³-hybridized carbons (Fsp3) is 0.105. The van der Waals surface area contributed by atoms with E-state index in [4.69, 9.17) is 4.42 Å². The van der Waals surface area contributed by atoms with E-state index >= 15 is 0 Å². The molecule has 0 aliphatic heterocycles. The summed E-state index contributed by atoms with van der Waals surface area (Å²) < 4.78 is 72.0. The lowest BCUT2D eigenvalue weighted by molar-refractivity contribution is 0.0883. The Morgan fingerprint density at radius 3 is 2.06 bits per heavy atom. The van der Waals surface area contributed by atoms with Crippen molar-refractivity contribution in [2.24, 2.45) is 0 Å². The summed E-state index contributed by atoms with van der Waals surface area (Å²) in [6.07, 6.45) is -1.40. The number of rotatable bonds is 4. The molecule has 162 valence electrons. The minimum atomic E-state index is -2.43. The number of hydrogen-bond acceptors (Lipinski definition) is 5. The minimum Gasteiger partial charge on any atom is -0.508 e. The lowest BCUT2D eigenvalue weighted by atomic mass is 10.1. The van der Waals surface area contributed by atoms with Crippen molar-refractivity contribution in [3.8, 4) is 5.75 Å². The van der Waals surface area contributed by atoms with Crippen molar-refractivity contribution in [1.82, 2.24) is 10.6 Å². The van der Waals surface area contributed by atoms with Gasteiger partial charge < -0.3 is 20.2 Å². The second-order valence-corrected chi connectivity index (χ2v) is 6.28. The molecule has 0 saturated carbocycles. The van der Waals surface area contributed by atoms with E-state index in [1.807, 2.05) is 5.32 Å². The van der Waals surface area contributed by atoms with Crippen molar-refractivity contribution in [2.45, 2.75) is 13.1 Å². The standard InChI is InChI=1S/C19H11F5N2O5/c1-6(26-18(29)11-12(20)14(22)16(24)15(23)13(11)21)25-17(28)9-4-7-2-3-8(27)5-10(7)31-19(9)30/h2-6,27H,1H3,(H,25,28)(H,26,29). The highest BCUT2D eigenvalue weighted by Gasteiger charge is 2.30. The smallest absolute Gasteiger partial charge is 0.349 e. The molecule has 7 nitrogen and oxygen atoms in total. The SMILES string of the molecule is CC(NC(=O)c1c(F)c(F)c(F)c(F)c1F)NC(=O)c1cc2ccc(O)cc2oc1=O. The minimum absolute atomic E-state index is 0.00536. The largest absolute Gasteiger partial charge is 0.508 e. The number of hydrogen-bond donors (Lipinski definition) is 3. The zero-order valence-electron chi connectivity index (χ0n) is 15.4. The number of phenols is 1. The average molecular weight is 442 g/mol. The Morgan fingerprint density at radius 2 is 1.45 bits per heavy atom. The Balaban J connectivity index is 1.81. The number of fused-ring (bicyclic) bond motifs is 1. The fourth-order valence-electron chi connectivity index (χ4n) is 2.64. The Bertz CT molecular complexity index is 1260. The number of amides is 2. The van der Waals surface area contributed by atoms with Gasteiger partial charge >= 0.3 is 5.63 Å². The summed E-state index contributed by atoms with van der Waals surface area (Å²) in [6.45, 7) is 1.11. The third-order valence-electron chi connectivity index (χ3n) is 4.10. The normalized spacial score (nSPS) is 11.9. The second kappa shape index (κ2) is 8.05. The molecule has 31 heavy (non-hydrogen) atoms. The van der Waals surface area contributed by atoms with Gasteiger partial charge in [-0.05, 0) is 25.1 Å². The van der Waals surface area contributed by atoms with Gasteiger partial charge in [0.25, 0.3) is 11.8 Å². The van der Waals surface area contributed by atoms with Gasteiger partial charge in [0.1, 0.15) is 22.5 Å². The van der Waals surface area contributed by atoms with Gasteiger partial charge in [-0.2, -0.15) is 0 Å². The predicted octanol–water partition coefficient (Wildman–Crippen LogP) is 2.70. The summed E-state index contributed by atoms with van der Waals surface area (Å²) in [5.74, 6) is -14.7. The van der Waals surface area contributed by atoms with Gasteiger partial charge in [0.2, 0.25) is 5.82 Å². The van der Waals surface area contributed by atoms with Gasteiger partial charge in [0, 0.05) is 11.5 Å². The van der Waals surface area contributed by atoms with Crippen LogP contribution in [-0.2, 0) is 0 Å². The zero-order valence-corrected chi connectivity index (χ0v) is 15.4. The van der Waals surface area contributed by atoms with Gasteiger partial charge in [-0.25, -0.2) is 26.7 Å². The van der Waals surface area contributed by atoms with Crippen LogP contribution in [-0.4, -0.2) is 23.1 Å². The molecule has 3 rings (SSSR count). The molecule has 0 bridgehead atoms. The molecule has 3 aromatic rings. The summed E-state index contributed by atoms with van der Waals surface area (Å²) in [5.41, 5.74) is -3.33. The lowest BCUT2D eigenvalue weighted by Gasteiger charge is -2.16. The summed E-state index contributed by atoms with van der Waals surface area (Å²) in [6, 6.07) is 4.91. The van der Waals surface area contributed by atoms with Crippen molar-refractivity contribution in [1.29, 1.82) is 0 Å². The van der Waals surface area contributed by atoms with Crippen LogP contribution in [0.25, 0.3) is 11.0 Å². The average Bonchev–Trinajstić information content (AvgIpc) is 2.70. The van der Waals surface area contributed by atoms with E-state index in [0.717, 1.165) is 19.1 Å². The number of aromatic hydroxyl groups is 1. The first-order valence-electron chi connectivity index (χ1n) is 8.41. The molecule has 0 saturated heterocycles. The van der Waals surface area contributed by atoms with E-state index in [9.17, 15) is 41.4 Å². The third-order valence-corrected chi connectivity index (χ3v) is 4.10. The third kappa shape index (κ3) is 4.04. The molecule has 0 spiro atoms. The van der Waals surface area contributed by atoms with Crippen molar-refractivity contribution in [3.63, 3.8) is 0 Å². The molecule has 12 heteroatoms. The zero-order chi connectivity index (χ0) is 23.0. The second-order valence-electron chi connectivity index (χ2n) is 6.28. The predicted molar refractivity (Wildman–Crippen MR) is 94.8 cm³/mol. The van der Waals surface area contributed by atoms with Crippen LogP contribution < -0.4 is 16.3 Å². The first-order valence-corrected chi connectivity index (χ1v) is 8.41. The number of carbonyl (C=O) groups excluding carboxylic acids is 2. The molecule has 3 N–H and O–H groups in total.